The fraction of sp³-hybridized carbons (Fsp3) is 0.316. The maximum absolute atomic E-state index is 12.1. The summed E-state index contributed by atoms with van der Waals surface area (Å²) in [5, 5.41) is 2.87. The van der Waals surface area contributed by atoms with E-state index >= 15 is 0 Å². The Kier molecular flexibility index (Phi) is 5.69. The molecule has 1 aliphatic heterocycles. The van der Waals surface area contributed by atoms with Gasteiger partial charge in [0.05, 0.1) is 19.8 Å². The van der Waals surface area contributed by atoms with Gasteiger partial charge in [0.15, 0.2) is 0 Å². The number of ether oxygens (including phenoxy) is 2. The molecule has 0 saturated carbocycles. The van der Waals surface area contributed by atoms with Crippen LogP contribution in [0.1, 0.15) is 10.4 Å². The van der Waals surface area contributed by atoms with E-state index in [0.717, 1.165) is 37.7 Å². The zero-order valence-electron chi connectivity index (χ0n) is 13.6. The smallest absolute Gasteiger partial charge is 0.251 e. The fourth-order valence-electron chi connectivity index (χ4n) is 2.60. The number of hydrogen-bond donors (Lipinski definition) is 1. The van der Waals surface area contributed by atoms with Gasteiger partial charge in [-0.1, -0.05) is 18.2 Å². The van der Waals surface area contributed by atoms with Crippen LogP contribution in [0.3, 0.4) is 0 Å². The number of hydrogen-bond acceptors (Lipinski definition) is 4. The Balaban J connectivity index is 1.44. The van der Waals surface area contributed by atoms with Crippen LogP contribution in [0.15, 0.2) is 54.6 Å². The van der Waals surface area contributed by atoms with Crippen molar-refractivity contribution in [2.75, 3.05) is 44.4 Å². The summed E-state index contributed by atoms with van der Waals surface area (Å²) in [4.78, 5) is 14.4. The van der Waals surface area contributed by atoms with Crippen LogP contribution >= 0.6 is 0 Å². The van der Waals surface area contributed by atoms with Crippen LogP contribution in [0.25, 0.3) is 0 Å². The van der Waals surface area contributed by atoms with Gasteiger partial charge in [-0.15, -0.1) is 0 Å². The third kappa shape index (κ3) is 4.49. The van der Waals surface area contributed by atoms with E-state index in [9.17, 15) is 4.79 Å². The quantitative estimate of drug-likeness (QED) is 0.828. The molecule has 2 aromatic rings. The van der Waals surface area contributed by atoms with Gasteiger partial charge in [0.1, 0.15) is 12.4 Å². The van der Waals surface area contributed by atoms with Crippen LogP contribution in [0, 0.1) is 0 Å². The molecule has 24 heavy (non-hydrogen) atoms. The van der Waals surface area contributed by atoms with Gasteiger partial charge in [0, 0.05) is 24.3 Å². The van der Waals surface area contributed by atoms with Crippen LogP contribution in [-0.4, -0.2) is 45.4 Å². The number of rotatable bonds is 6. The van der Waals surface area contributed by atoms with E-state index in [1.807, 2.05) is 54.6 Å². The molecule has 3 rings (SSSR count). The van der Waals surface area contributed by atoms with Crippen LogP contribution in [0.4, 0.5) is 5.69 Å². The molecule has 0 bridgehead atoms. The van der Waals surface area contributed by atoms with Crippen molar-refractivity contribution in [2.24, 2.45) is 0 Å². The highest BCUT2D eigenvalue weighted by atomic mass is 16.5. The Hall–Kier alpha value is -2.53. The fourth-order valence-corrected chi connectivity index (χ4v) is 2.60. The largest absolute Gasteiger partial charge is 0.492 e. The van der Waals surface area contributed by atoms with Crippen molar-refractivity contribution < 1.29 is 14.3 Å². The first-order chi connectivity index (χ1) is 11.8. The summed E-state index contributed by atoms with van der Waals surface area (Å²) in [6.45, 7) is 4.21. The summed E-state index contributed by atoms with van der Waals surface area (Å²) < 4.78 is 10.9. The lowest BCUT2D eigenvalue weighted by Crippen LogP contribution is -2.36. The number of carbonyl (C=O) groups is 1. The number of amides is 1. The van der Waals surface area contributed by atoms with Gasteiger partial charge in [0.2, 0.25) is 0 Å². The number of morpholine rings is 1. The van der Waals surface area contributed by atoms with Gasteiger partial charge in [-0.3, -0.25) is 4.79 Å². The maximum atomic E-state index is 12.1. The molecule has 1 saturated heterocycles. The first kappa shape index (κ1) is 16.3. The van der Waals surface area contributed by atoms with Gasteiger partial charge < -0.3 is 19.7 Å². The van der Waals surface area contributed by atoms with E-state index in [1.165, 1.54) is 0 Å². The van der Waals surface area contributed by atoms with Crippen LogP contribution in [0.2, 0.25) is 0 Å². The van der Waals surface area contributed by atoms with E-state index in [1.54, 1.807) is 0 Å². The number of para-hydroxylation sites is 1. The highest BCUT2D eigenvalue weighted by Gasteiger charge is 2.12. The van der Waals surface area contributed by atoms with Crippen LogP contribution in [0.5, 0.6) is 5.75 Å². The molecule has 5 nitrogen and oxygen atoms in total. The number of anilines is 1. The minimum Gasteiger partial charge on any atom is -0.492 e. The molecule has 1 N–H and O–H groups in total. The van der Waals surface area contributed by atoms with E-state index in [0.29, 0.717) is 18.7 Å². The van der Waals surface area contributed by atoms with Crippen molar-refractivity contribution in [3.05, 3.63) is 60.2 Å². The van der Waals surface area contributed by atoms with E-state index < -0.39 is 0 Å². The Morgan fingerprint density at radius 1 is 1.04 bits per heavy atom. The molecule has 0 spiro atoms. The molecule has 1 heterocycles. The SMILES string of the molecule is O=C(NCCOc1ccccc1)c1ccc(N2CCOCC2)cc1. The molecular formula is C19H22N2O3. The van der Waals surface area contributed by atoms with Gasteiger partial charge in [-0.05, 0) is 36.4 Å². The van der Waals surface area contributed by atoms with E-state index in [4.69, 9.17) is 9.47 Å². The lowest BCUT2D eigenvalue weighted by Gasteiger charge is -2.28. The second-order valence-electron chi connectivity index (χ2n) is 5.56. The van der Waals surface area contributed by atoms with Crippen molar-refractivity contribution >= 4 is 11.6 Å². The second kappa shape index (κ2) is 8.36. The van der Waals surface area contributed by atoms with E-state index in [-0.39, 0.29) is 5.91 Å². The summed E-state index contributed by atoms with van der Waals surface area (Å²) in [6.07, 6.45) is 0. The average Bonchev–Trinajstić information content (AvgIpc) is 2.67. The molecule has 5 heteroatoms. The van der Waals surface area contributed by atoms with Gasteiger partial charge >= 0.3 is 0 Å². The first-order valence-corrected chi connectivity index (χ1v) is 8.22. The van der Waals surface area contributed by atoms with Crippen molar-refractivity contribution in [1.29, 1.82) is 0 Å². The first-order valence-electron chi connectivity index (χ1n) is 8.22. The zero-order chi connectivity index (χ0) is 16.6. The minimum absolute atomic E-state index is 0.0832. The number of nitrogens with zero attached hydrogens (tertiary/aromatic N) is 1. The molecule has 126 valence electrons. The highest BCUT2D eigenvalue weighted by Crippen LogP contribution is 2.16. The molecule has 1 aliphatic rings. The van der Waals surface area contributed by atoms with Crippen LogP contribution < -0.4 is 15.0 Å². The Morgan fingerprint density at radius 2 is 1.75 bits per heavy atom. The minimum atomic E-state index is -0.0832. The predicted octanol–water partition coefficient (Wildman–Crippen LogP) is 2.33. The molecule has 0 aromatic heterocycles. The molecular weight excluding hydrogens is 304 g/mol. The molecule has 1 fully saturated rings. The highest BCUT2D eigenvalue weighted by molar-refractivity contribution is 5.94. The summed E-state index contributed by atoms with van der Waals surface area (Å²) in [5.41, 5.74) is 1.79. The predicted molar refractivity (Wildman–Crippen MR) is 93.7 cm³/mol. The average molecular weight is 326 g/mol. The number of benzene rings is 2. The van der Waals surface area contributed by atoms with Gasteiger partial charge in [-0.25, -0.2) is 0 Å². The van der Waals surface area contributed by atoms with Crippen molar-refractivity contribution in [3.8, 4) is 5.75 Å². The summed E-state index contributed by atoms with van der Waals surface area (Å²) in [7, 11) is 0. The Morgan fingerprint density at radius 3 is 2.46 bits per heavy atom. The normalized spacial score (nSPS) is 14.2. The maximum Gasteiger partial charge on any atom is 0.251 e. The van der Waals surface area contributed by atoms with Crippen molar-refractivity contribution in [2.45, 2.75) is 0 Å². The van der Waals surface area contributed by atoms with Crippen molar-refractivity contribution in [1.82, 2.24) is 5.32 Å². The molecule has 0 unspecified atom stereocenters. The third-order valence-electron chi connectivity index (χ3n) is 3.91. The van der Waals surface area contributed by atoms with Gasteiger partial charge in [-0.2, -0.15) is 0 Å². The number of nitrogens with one attached hydrogen (secondary N) is 1. The second-order valence-corrected chi connectivity index (χ2v) is 5.56. The molecule has 1 amide bonds. The molecule has 0 radical (unpaired) electrons. The molecule has 2 aromatic carbocycles. The molecule has 0 aliphatic carbocycles. The lowest BCUT2D eigenvalue weighted by atomic mass is 10.1. The summed E-state index contributed by atoms with van der Waals surface area (Å²) in [5.74, 6) is 0.724. The topological polar surface area (TPSA) is 50.8 Å². The third-order valence-corrected chi connectivity index (χ3v) is 3.91. The standard InChI is InChI=1S/C19H22N2O3/c22-19(20-10-13-24-18-4-2-1-3-5-18)16-6-8-17(9-7-16)21-11-14-23-15-12-21/h1-9H,10-15H2,(H,20,22). The number of carbonyl (C=O) groups excluding carboxylic acids is 1. The van der Waals surface area contributed by atoms with Gasteiger partial charge in [0.25, 0.3) is 5.91 Å². The van der Waals surface area contributed by atoms with Crippen LogP contribution in [-0.2, 0) is 4.74 Å². The lowest BCUT2D eigenvalue weighted by molar-refractivity contribution is 0.0947. The Bertz CT molecular complexity index is 637. The Labute approximate surface area is 142 Å². The summed E-state index contributed by atoms with van der Waals surface area (Å²) >= 11 is 0. The molecule has 0 atom stereocenters. The zero-order valence-corrected chi connectivity index (χ0v) is 13.6. The monoisotopic (exact) mass is 326 g/mol. The summed E-state index contributed by atoms with van der Waals surface area (Å²) in [6, 6.07) is 17.3. The van der Waals surface area contributed by atoms with Crippen molar-refractivity contribution in [3.63, 3.8) is 0 Å². The van der Waals surface area contributed by atoms with E-state index in [2.05, 4.69) is 10.2 Å².